The molecule has 0 unspecified atom stereocenters. The van der Waals surface area contributed by atoms with Crippen molar-refractivity contribution in [2.45, 2.75) is 58.2 Å². The minimum Gasteiger partial charge on any atom is -0.490 e. The van der Waals surface area contributed by atoms with Gasteiger partial charge in [-0.1, -0.05) is 30.3 Å². The fourth-order valence-corrected chi connectivity index (χ4v) is 3.95. The lowest BCUT2D eigenvalue weighted by Crippen LogP contribution is -2.27. The van der Waals surface area contributed by atoms with E-state index in [0.29, 0.717) is 24.0 Å². The summed E-state index contributed by atoms with van der Waals surface area (Å²) in [6.07, 6.45) is 6.62. The van der Waals surface area contributed by atoms with Crippen LogP contribution in [0.15, 0.2) is 53.6 Å². The Bertz CT molecular complexity index is 1100. The van der Waals surface area contributed by atoms with Crippen molar-refractivity contribution in [1.82, 2.24) is 14.9 Å². The molecule has 1 saturated carbocycles. The van der Waals surface area contributed by atoms with Crippen LogP contribution in [0.25, 0.3) is 10.9 Å². The molecule has 0 bridgehead atoms. The number of nitrogens with zero attached hydrogens (tertiary/aromatic N) is 2. The van der Waals surface area contributed by atoms with E-state index in [4.69, 9.17) is 4.74 Å². The van der Waals surface area contributed by atoms with E-state index in [1.165, 1.54) is 23.7 Å². The van der Waals surface area contributed by atoms with Gasteiger partial charge in [-0.15, -0.1) is 0 Å². The number of rotatable bonds is 7. The lowest BCUT2D eigenvalue weighted by Gasteiger charge is -2.17. The lowest BCUT2D eigenvalue weighted by molar-refractivity contribution is -0.121. The van der Waals surface area contributed by atoms with Gasteiger partial charge in [0.15, 0.2) is 0 Å². The Kier molecular flexibility index (Phi) is 6.12. The first-order valence-electron chi connectivity index (χ1n) is 10.6. The second-order valence-electron chi connectivity index (χ2n) is 7.87. The molecular weight excluding hydrogens is 378 g/mol. The predicted octanol–water partition coefficient (Wildman–Crippen LogP) is 3.73. The Morgan fingerprint density at radius 2 is 1.97 bits per heavy atom. The molecule has 1 amide bonds. The fourth-order valence-electron chi connectivity index (χ4n) is 3.95. The molecule has 0 aliphatic heterocycles. The summed E-state index contributed by atoms with van der Waals surface area (Å²) in [6, 6.07) is 13.4. The highest BCUT2D eigenvalue weighted by atomic mass is 16.5. The van der Waals surface area contributed by atoms with Crippen LogP contribution >= 0.6 is 0 Å². The Morgan fingerprint density at radius 1 is 1.17 bits per heavy atom. The molecule has 3 aromatic rings. The molecule has 1 aromatic heterocycles. The second-order valence-corrected chi connectivity index (χ2v) is 7.87. The van der Waals surface area contributed by atoms with Crippen molar-refractivity contribution in [2.75, 3.05) is 0 Å². The van der Waals surface area contributed by atoms with E-state index in [-0.39, 0.29) is 24.0 Å². The highest BCUT2D eigenvalue weighted by Gasteiger charge is 2.18. The minimum atomic E-state index is -0.119. The zero-order chi connectivity index (χ0) is 20.9. The van der Waals surface area contributed by atoms with Crippen molar-refractivity contribution < 1.29 is 9.53 Å². The molecule has 2 aromatic carbocycles. The van der Waals surface area contributed by atoms with E-state index < -0.39 is 0 Å². The van der Waals surface area contributed by atoms with Crippen molar-refractivity contribution >= 4 is 16.8 Å². The van der Waals surface area contributed by atoms with Gasteiger partial charge in [0.1, 0.15) is 5.75 Å². The van der Waals surface area contributed by atoms with Crippen LogP contribution in [0.3, 0.4) is 0 Å². The Balaban J connectivity index is 1.35. The molecular formula is C24H27N3O3. The number of ether oxygens (including phenoxy) is 1. The molecule has 0 saturated heterocycles. The third-order valence-electron chi connectivity index (χ3n) is 5.68. The number of carbonyl (C=O) groups is 1. The molecule has 1 fully saturated rings. The number of fused-ring (bicyclic) bond motifs is 1. The first-order chi connectivity index (χ1) is 14.6. The molecule has 0 spiro atoms. The standard InChI is InChI=1S/C24H27N3O3/c1-17-7-6-11-20-23(17)26-16-27(24(20)29)14-13-22(28)25-15-18-8-2-5-12-21(18)30-19-9-3-4-10-19/h2,5-8,11-12,16,19H,3-4,9-10,13-15H2,1H3,(H,25,28). The van der Waals surface area contributed by atoms with Crippen LogP contribution in [-0.2, 0) is 17.9 Å². The largest absolute Gasteiger partial charge is 0.490 e. The first kappa shape index (κ1) is 20.1. The van der Waals surface area contributed by atoms with Crippen LogP contribution in [0.2, 0.25) is 0 Å². The number of aromatic nitrogens is 2. The van der Waals surface area contributed by atoms with Crippen LogP contribution in [0.1, 0.15) is 43.2 Å². The van der Waals surface area contributed by atoms with Gasteiger partial charge < -0.3 is 10.1 Å². The minimum absolute atomic E-state index is 0.109. The maximum atomic E-state index is 12.7. The Morgan fingerprint density at radius 3 is 2.80 bits per heavy atom. The van der Waals surface area contributed by atoms with Crippen molar-refractivity contribution in [1.29, 1.82) is 0 Å². The number of amides is 1. The van der Waals surface area contributed by atoms with Gasteiger partial charge in [-0.05, 0) is 50.3 Å². The van der Waals surface area contributed by atoms with Gasteiger partial charge in [0.2, 0.25) is 5.91 Å². The smallest absolute Gasteiger partial charge is 0.261 e. The zero-order valence-electron chi connectivity index (χ0n) is 17.3. The van der Waals surface area contributed by atoms with E-state index in [2.05, 4.69) is 10.3 Å². The quantitative estimate of drug-likeness (QED) is 0.650. The highest BCUT2D eigenvalue weighted by molar-refractivity contribution is 5.80. The lowest BCUT2D eigenvalue weighted by atomic mass is 10.1. The van der Waals surface area contributed by atoms with Crippen LogP contribution in [-0.4, -0.2) is 21.6 Å². The number of para-hydroxylation sites is 2. The highest BCUT2D eigenvalue weighted by Crippen LogP contribution is 2.26. The van der Waals surface area contributed by atoms with Crippen molar-refractivity contribution in [3.05, 3.63) is 70.3 Å². The summed E-state index contributed by atoms with van der Waals surface area (Å²) in [4.78, 5) is 29.4. The molecule has 6 nitrogen and oxygen atoms in total. The SMILES string of the molecule is Cc1cccc2c(=O)n(CCC(=O)NCc3ccccc3OC3CCCC3)cnc12. The average Bonchev–Trinajstić information content (AvgIpc) is 3.26. The first-order valence-corrected chi connectivity index (χ1v) is 10.6. The van der Waals surface area contributed by atoms with Gasteiger partial charge in [0.05, 0.1) is 23.3 Å². The van der Waals surface area contributed by atoms with E-state index in [0.717, 1.165) is 29.7 Å². The number of nitrogens with one attached hydrogen (secondary N) is 1. The van der Waals surface area contributed by atoms with Gasteiger partial charge in [-0.2, -0.15) is 0 Å². The van der Waals surface area contributed by atoms with Crippen LogP contribution in [0.4, 0.5) is 0 Å². The van der Waals surface area contributed by atoms with E-state index in [9.17, 15) is 9.59 Å². The summed E-state index contributed by atoms with van der Waals surface area (Å²) < 4.78 is 7.63. The molecule has 0 radical (unpaired) electrons. The summed E-state index contributed by atoms with van der Waals surface area (Å²) >= 11 is 0. The fraction of sp³-hybridized carbons (Fsp3) is 0.375. The normalized spacial score (nSPS) is 14.2. The number of aryl methyl sites for hydroxylation is 2. The number of hydrogen-bond acceptors (Lipinski definition) is 4. The van der Waals surface area contributed by atoms with Gasteiger partial charge in [-0.25, -0.2) is 4.98 Å². The van der Waals surface area contributed by atoms with Gasteiger partial charge >= 0.3 is 0 Å². The van der Waals surface area contributed by atoms with Crippen molar-refractivity contribution in [2.24, 2.45) is 0 Å². The van der Waals surface area contributed by atoms with Crippen molar-refractivity contribution in [3.63, 3.8) is 0 Å². The van der Waals surface area contributed by atoms with E-state index >= 15 is 0 Å². The van der Waals surface area contributed by atoms with E-state index in [1.54, 1.807) is 6.07 Å². The molecule has 156 valence electrons. The second kappa shape index (κ2) is 9.11. The monoisotopic (exact) mass is 405 g/mol. The topological polar surface area (TPSA) is 73.2 Å². The molecule has 0 atom stereocenters. The summed E-state index contributed by atoms with van der Waals surface area (Å²) in [5.41, 5.74) is 2.53. The number of benzene rings is 2. The van der Waals surface area contributed by atoms with Gasteiger partial charge in [-0.3, -0.25) is 14.2 Å². The molecule has 6 heteroatoms. The molecule has 30 heavy (non-hydrogen) atoms. The Labute approximate surface area is 175 Å². The third kappa shape index (κ3) is 4.53. The maximum absolute atomic E-state index is 12.7. The molecule has 4 rings (SSSR count). The number of hydrogen-bond donors (Lipinski definition) is 1. The van der Waals surface area contributed by atoms with E-state index in [1.807, 2.05) is 43.3 Å². The average molecular weight is 405 g/mol. The summed E-state index contributed by atoms with van der Waals surface area (Å²) in [5.74, 6) is 0.733. The van der Waals surface area contributed by atoms with Gasteiger partial charge in [0, 0.05) is 25.1 Å². The summed E-state index contributed by atoms with van der Waals surface area (Å²) in [5, 5.41) is 3.53. The van der Waals surface area contributed by atoms with Crippen LogP contribution in [0, 0.1) is 6.92 Å². The van der Waals surface area contributed by atoms with Crippen LogP contribution < -0.4 is 15.6 Å². The molecule has 1 N–H and O–H groups in total. The third-order valence-corrected chi connectivity index (χ3v) is 5.68. The van der Waals surface area contributed by atoms with Crippen LogP contribution in [0.5, 0.6) is 5.75 Å². The number of carbonyl (C=O) groups excluding carboxylic acids is 1. The van der Waals surface area contributed by atoms with Crippen molar-refractivity contribution in [3.8, 4) is 5.75 Å². The molecule has 1 aliphatic rings. The summed E-state index contributed by atoms with van der Waals surface area (Å²) in [7, 11) is 0. The molecule has 1 heterocycles. The van der Waals surface area contributed by atoms with Gasteiger partial charge in [0.25, 0.3) is 5.56 Å². The predicted molar refractivity (Wildman–Crippen MR) is 117 cm³/mol. The zero-order valence-corrected chi connectivity index (χ0v) is 17.3. The summed E-state index contributed by atoms with van der Waals surface area (Å²) in [6.45, 7) is 2.63. The maximum Gasteiger partial charge on any atom is 0.261 e. The Hall–Kier alpha value is -3.15. The molecule has 1 aliphatic carbocycles.